The van der Waals surface area contributed by atoms with Crippen molar-refractivity contribution in [2.45, 2.75) is 13.8 Å². The van der Waals surface area contributed by atoms with Crippen LogP contribution in [0.2, 0.25) is 0 Å². The molecule has 1 aliphatic heterocycles. The SMILES string of the molecule is CC(C)CN1CCN(C(=O)c2cc(F)cc(F)c2)CC1. The molecule has 0 spiro atoms. The Balaban J connectivity index is 1.98. The summed E-state index contributed by atoms with van der Waals surface area (Å²) >= 11 is 0. The number of hydrogen-bond donors (Lipinski definition) is 0. The first-order valence-corrected chi connectivity index (χ1v) is 6.93. The highest BCUT2D eigenvalue weighted by molar-refractivity contribution is 5.94. The molecule has 0 bridgehead atoms. The van der Waals surface area contributed by atoms with Gasteiger partial charge in [-0.3, -0.25) is 9.69 Å². The number of hydrogen-bond acceptors (Lipinski definition) is 2. The summed E-state index contributed by atoms with van der Waals surface area (Å²) in [6, 6.07) is 2.95. The third kappa shape index (κ3) is 3.76. The molecule has 0 saturated carbocycles. The Bertz CT molecular complexity index is 463. The minimum atomic E-state index is -0.716. The fourth-order valence-corrected chi connectivity index (χ4v) is 2.51. The molecule has 1 heterocycles. The van der Waals surface area contributed by atoms with Gasteiger partial charge in [0, 0.05) is 44.4 Å². The van der Waals surface area contributed by atoms with Crippen molar-refractivity contribution in [2.75, 3.05) is 32.7 Å². The van der Waals surface area contributed by atoms with Gasteiger partial charge in [0.25, 0.3) is 5.91 Å². The van der Waals surface area contributed by atoms with E-state index < -0.39 is 11.6 Å². The van der Waals surface area contributed by atoms with E-state index in [4.69, 9.17) is 0 Å². The highest BCUT2D eigenvalue weighted by atomic mass is 19.1. The first-order chi connectivity index (χ1) is 9.45. The molecule has 1 aromatic rings. The fourth-order valence-electron chi connectivity index (χ4n) is 2.51. The maximum atomic E-state index is 13.1. The number of carbonyl (C=O) groups is 1. The van der Waals surface area contributed by atoms with E-state index in [2.05, 4.69) is 18.7 Å². The van der Waals surface area contributed by atoms with Crippen LogP contribution in [-0.4, -0.2) is 48.4 Å². The number of halogens is 2. The van der Waals surface area contributed by atoms with Gasteiger partial charge in [-0.15, -0.1) is 0 Å². The maximum absolute atomic E-state index is 13.1. The van der Waals surface area contributed by atoms with Crippen LogP contribution in [-0.2, 0) is 0 Å². The standard InChI is InChI=1S/C15H20F2N2O/c1-11(2)10-18-3-5-19(6-4-18)15(20)12-7-13(16)9-14(17)8-12/h7-9,11H,3-6,10H2,1-2H3. The van der Waals surface area contributed by atoms with Crippen LogP contribution in [0.3, 0.4) is 0 Å². The molecule has 5 heteroatoms. The Hall–Kier alpha value is -1.49. The molecule has 0 unspecified atom stereocenters. The Labute approximate surface area is 118 Å². The number of rotatable bonds is 3. The van der Waals surface area contributed by atoms with Gasteiger partial charge >= 0.3 is 0 Å². The zero-order valence-electron chi connectivity index (χ0n) is 11.9. The number of piperazine rings is 1. The van der Waals surface area contributed by atoms with Crippen molar-refractivity contribution in [3.63, 3.8) is 0 Å². The van der Waals surface area contributed by atoms with E-state index in [0.29, 0.717) is 19.0 Å². The van der Waals surface area contributed by atoms with Crippen molar-refractivity contribution in [3.8, 4) is 0 Å². The Morgan fingerprint density at radius 1 is 1.10 bits per heavy atom. The third-order valence-corrected chi connectivity index (χ3v) is 3.39. The van der Waals surface area contributed by atoms with Crippen molar-refractivity contribution in [1.29, 1.82) is 0 Å². The summed E-state index contributed by atoms with van der Waals surface area (Å²) in [6.45, 7) is 8.15. The normalized spacial score (nSPS) is 16.8. The molecule has 0 N–H and O–H groups in total. The summed E-state index contributed by atoms with van der Waals surface area (Å²) < 4.78 is 26.3. The lowest BCUT2D eigenvalue weighted by Crippen LogP contribution is -2.49. The summed E-state index contributed by atoms with van der Waals surface area (Å²) in [7, 11) is 0. The summed E-state index contributed by atoms with van der Waals surface area (Å²) in [6.07, 6.45) is 0. The second-order valence-corrected chi connectivity index (χ2v) is 5.64. The second-order valence-electron chi connectivity index (χ2n) is 5.64. The molecule has 110 valence electrons. The van der Waals surface area contributed by atoms with Gasteiger partial charge in [-0.1, -0.05) is 13.8 Å². The lowest BCUT2D eigenvalue weighted by atomic mass is 10.1. The van der Waals surface area contributed by atoms with Crippen LogP contribution in [0.4, 0.5) is 8.78 Å². The molecule has 0 atom stereocenters. The van der Waals surface area contributed by atoms with Crippen molar-refractivity contribution in [3.05, 3.63) is 35.4 Å². The quantitative estimate of drug-likeness (QED) is 0.850. The lowest BCUT2D eigenvalue weighted by molar-refractivity contribution is 0.0623. The number of nitrogens with zero attached hydrogens (tertiary/aromatic N) is 2. The fraction of sp³-hybridized carbons (Fsp3) is 0.533. The zero-order valence-corrected chi connectivity index (χ0v) is 11.9. The van der Waals surface area contributed by atoms with Gasteiger partial charge in [0.1, 0.15) is 11.6 Å². The molecule has 0 aromatic heterocycles. The van der Waals surface area contributed by atoms with Gasteiger partial charge in [0.05, 0.1) is 0 Å². The molecule has 1 saturated heterocycles. The minimum Gasteiger partial charge on any atom is -0.336 e. The van der Waals surface area contributed by atoms with E-state index >= 15 is 0 Å². The number of benzene rings is 1. The van der Waals surface area contributed by atoms with Crippen molar-refractivity contribution in [2.24, 2.45) is 5.92 Å². The zero-order chi connectivity index (χ0) is 14.7. The van der Waals surface area contributed by atoms with Gasteiger partial charge in [-0.2, -0.15) is 0 Å². The summed E-state index contributed by atoms with van der Waals surface area (Å²) in [5.74, 6) is -1.14. The van der Waals surface area contributed by atoms with E-state index in [-0.39, 0.29) is 11.5 Å². The summed E-state index contributed by atoms with van der Waals surface area (Å²) in [5.41, 5.74) is 0.0832. The average molecular weight is 282 g/mol. The van der Waals surface area contributed by atoms with E-state index in [9.17, 15) is 13.6 Å². The molecule has 3 nitrogen and oxygen atoms in total. The maximum Gasteiger partial charge on any atom is 0.254 e. The second kappa shape index (κ2) is 6.31. The molecular weight excluding hydrogens is 262 g/mol. The lowest BCUT2D eigenvalue weighted by Gasteiger charge is -2.35. The van der Waals surface area contributed by atoms with Crippen LogP contribution >= 0.6 is 0 Å². The molecule has 0 radical (unpaired) electrons. The highest BCUT2D eigenvalue weighted by Crippen LogP contribution is 2.13. The predicted octanol–water partition coefficient (Wildman–Crippen LogP) is 2.38. The monoisotopic (exact) mass is 282 g/mol. The number of amides is 1. The minimum absolute atomic E-state index is 0.0832. The van der Waals surface area contributed by atoms with E-state index in [1.807, 2.05) is 0 Å². The van der Waals surface area contributed by atoms with Crippen molar-refractivity contribution >= 4 is 5.91 Å². The van der Waals surface area contributed by atoms with E-state index in [1.165, 1.54) is 0 Å². The van der Waals surface area contributed by atoms with Gasteiger partial charge in [-0.05, 0) is 18.1 Å². The van der Waals surface area contributed by atoms with Gasteiger partial charge in [0.2, 0.25) is 0 Å². The summed E-state index contributed by atoms with van der Waals surface area (Å²) in [4.78, 5) is 16.2. The smallest absolute Gasteiger partial charge is 0.254 e. The van der Waals surface area contributed by atoms with Gasteiger partial charge in [-0.25, -0.2) is 8.78 Å². The molecular formula is C15H20F2N2O. The molecule has 1 amide bonds. The Kier molecular flexibility index (Phi) is 4.70. The van der Waals surface area contributed by atoms with Gasteiger partial charge in [0.15, 0.2) is 0 Å². The molecule has 1 fully saturated rings. The van der Waals surface area contributed by atoms with Crippen molar-refractivity contribution < 1.29 is 13.6 Å². The first-order valence-electron chi connectivity index (χ1n) is 6.93. The molecule has 0 aliphatic carbocycles. The topological polar surface area (TPSA) is 23.6 Å². The third-order valence-electron chi connectivity index (χ3n) is 3.39. The molecule has 1 aliphatic rings. The van der Waals surface area contributed by atoms with Crippen LogP contribution in [0.15, 0.2) is 18.2 Å². The Morgan fingerprint density at radius 3 is 2.15 bits per heavy atom. The van der Waals surface area contributed by atoms with Crippen molar-refractivity contribution in [1.82, 2.24) is 9.80 Å². The average Bonchev–Trinajstić information content (AvgIpc) is 2.37. The molecule has 1 aromatic carbocycles. The predicted molar refractivity (Wildman–Crippen MR) is 73.5 cm³/mol. The number of carbonyl (C=O) groups excluding carboxylic acids is 1. The largest absolute Gasteiger partial charge is 0.336 e. The molecule has 2 rings (SSSR count). The van der Waals surface area contributed by atoms with Crippen LogP contribution in [0, 0.1) is 17.6 Å². The van der Waals surface area contributed by atoms with E-state index in [1.54, 1.807) is 4.90 Å². The van der Waals surface area contributed by atoms with Crippen LogP contribution in [0.25, 0.3) is 0 Å². The van der Waals surface area contributed by atoms with Gasteiger partial charge < -0.3 is 4.90 Å². The first kappa shape index (κ1) is 14.9. The molecule has 20 heavy (non-hydrogen) atoms. The van der Waals surface area contributed by atoms with Crippen LogP contribution in [0.1, 0.15) is 24.2 Å². The summed E-state index contributed by atoms with van der Waals surface area (Å²) in [5, 5.41) is 0. The van der Waals surface area contributed by atoms with Crippen LogP contribution in [0.5, 0.6) is 0 Å². The van der Waals surface area contributed by atoms with E-state index in [0.717, 1.165) is 37.8 Å². The van der Waals surface area contributed by atoms with Crippen LogP contribution < -0.4 is 0 Å². The highest BCUT2D eigenvalue weighted by Gasteiger charge is 2.23. The Morgan fingerprint density at radius 2 is 1.65 bits per heavy atom.